The van der Waals surface area contributed by atoms with E-state index in [0.717, 1.165) is 25.7 Å². The highest BCUT2D eigenvalue weighted by Crippen LogP contribution is 2.30. The van der Waals surface area contributed by atoms with Gasteiger partial charge in [-0.3, -0.25) is 0 Å². The molecule has 6 nitrogen and oxygen atoms in total. The average molecular weight is 349 g/mol. The third-order valence-electron chi connectivity index (χ3n) is 4.13. The van der Waals surface area contributed by atoms with E-state index in [4.69, 9.17) is 22.1 Å². The van der Waals surface area contributed by atoms with Crippen molar-refractivity contribution in [2.24, 2.45) is 5.92 Å². The summed E-state index contributed by atoms with van der Waals surface area (Å²) in [6, 6.07) is 7.07. The molecule has 2 aromatic rings. The van der Waals surface area contributed by atoms with E-state index in [9.17, 15) is 5.11 Å². The van der Waals surface area contributed by atoms with Gasteiger partial charge >= 0.3 is 0 Å². The van der Waals surface area contributed by atoms with Crippen LogP contribution < -0.4 is 15.8 Å². The summed E-state index contributed by atoms with van der Waals surface area (Å²) in [7, 11) is 0. The number of halogens is 1. The molecule has 1 saturated carbocycles. The number of anilines is 2. The monoisotopic (exact) mass is 348 g/mol. The second kappa shape index (κ2) is 7.68. The highest BCUT2D eigenvalue weighted by atomic mass is 35.5. The number of nitrogens with one attached hydrogen (secondary N) is 1. The first-order valence-corrected chi connectivity index (χ1v) is 8.46. The number of nitrogens with two attached hydrogens (primary N) is 1. The molecule has 1 aromatic heterocycles. The van der Waals surface area contributed by atoms with Crippen LogP contribution in [-0.2, 0) is 0 Å². The van der Waals surface area contributed by atoms with Crippen molar-refractivity contribution in [2.45, 2.75) is 31.8 Å². The summed E-state index contributed by atoms with van der Waals surface area (Å²) in [5, 5.41) is 13.7. The van der Waals surface area contributed by atoms with Crippen molar-refractivity contribution in [3.05, 3.63) is 35.5 Å². The van der Waals surface area contributed by atoms with Crippen molar-refractivity contribution >= 4 is 23.4 Å². The maximum Gasteiger partial charge on any atom is 0.222 e. The molecular weight excluding hydrogens is 328 g/mol. The van der Waals surface area contributed by atoms with E-state index in [1.807, 2.05) is 0 Å². The number of benzene rings is 1. The largest absolute Gasteiger partial charge is 0.452 e. The molecule has 1 fully saturated rings. The minimum atomic E-state index is -0.203. The fourth-order valence-corrected chi connectivity index (χ4v) is 3.03. The first-order valence-electron chi connectivity index (χ1n) is 8.08. The Hall–Kier alpha value is -2.05. The van der Waals surface area contributed by atoms with Crippen molar-refractivity contribution in [3.63, 3.8) is 0 Å². The van der Waals surface area contributed by atoms with Crippen molar-refractivity contribution in [2.75, 3.05) is 17.6 Å². The lowest BCUT2D eigenvalue weighted by Crippen LogP contribution is -2.25. The van der Waals surface area contributed by atoms with E-state index in [1.165, 1.54) is 0 Å². The summed E-state index contributed by atoms with van der Waals surface area (Å²) in [5.74, 6) is 2.29. The van der Waals surface area contributed by atoms with Gasteiger partial charge in [-0.25, -0.2) is 4.98 Å². The number of hydrogen-bond acceptors (Lipinski definition) is 6. The van der Waals surface area contributed by atoms with E-state index >= 15 is 0 Å². The van der Waals surface area contributed by atoms with Gasteiger partial charge in [0, 0.05) is 11.6 Å². The van der Waals surface area contributed by atoms with Gasteiger partial charge in [-0.15, -0.1) is 0 Å². The Morgan fingerprint density at radius 3 is 2.83 bits per heavy atom. The lowest BCUT2D eigenvalue weighted by Gasteiger charge is -2.26. The van der Waals surface area contributed by atoms with E-state index in [-0.39, 0.29) is 12.1 Å². The van der Waals surface area contributed by atoms with Crippen LogP contribution in [0.1, 0.15) is 25.7 Å². The van der Waals surface area contributed by atoms with Gasteiger partial charge in [-0.2, -0.15) is 4.98 Å². The zero-order chi connectivity index (χ0) is 16.9. The molecule has 1 aromatic carbocycles. The fraction of sp³-hybridized carbons (Fsp3) is 0.412. The maximum atomic E-state index is 9.78. The minimum Gasteiger partial charge on any atom is -0.452 e. The van der Waals surface area contributed by atoms with Crippen LogP contribution in [0.4, 0.5) is 11.8 Å². The molecule has 0 unspecified atom stereocenters. The number of hydrogen-bond donors (Lipinski definition) is 3. The standard InChI is InChI=1S/C17H21ClN4O2/c18-12-4-6-14(7-5-12)24-15-10-21-17(19)22-16(15)20-9-11-2-1-3-13(23)8-11/h4-7,10-11,13,23H,1-3,8-9H2,(H3,19,20,21,22)/t11-,13-/m0/s1. The highest BCUT2D eigenvalue weighted by Gasteiger charge is 2.20. The predicted molar refractivity (Wildman–Crippen MR) is 94.4 cm³/mol. The molecule has 1 aliphatic rings. The van der Waals surface area contributed by atoms with E-state index < -0.39 is 0 Å². The molecule has 0 amide bonds. The zero-order valence-corrected chi connectivity index (χ0v) is 14.0. The second-order valence-corrected chi connectivity index (χ2v) is 6.50. The topological polar surface area (TPSA) is 93.3 Å². The Kier molecular flexibility index (Phi) is 5.37. The SMILES string of the molecule is Nc1ncc(Oc2ccc(Cl)cc2)c(NC[C@H]2CCC[C@H](O)C2)n1. The van der Waals surface area contributed by atoms with Gasteiger partial charge in [0.1, 0.15) is 5.75 Å². The molecule has 4 N–H and O–H groups in total. The summed E-state index contributed by atoms with van der Waals surface area (Å²) >= 11 is 5.88. The first kappa shape index (κ1) is 16.8. The number of aromatic nitrogens is 2. The van der Waals surface area contributed by atoms with Crippen LogP contribution in [0.25, 0.3) is 0 Å². The van der Waals surface area contributed by atoms with E-state index in [2.05, 4.69) is 15.3 Å². The van der Waals surface area contributed by atoms with Crippen molar-refractivity contribution in [3.8, 4) is 11.5 Å². The second-order valence-electron chi connectivity index (χ2n) is 6.06. The third kappa shape index (κ3) is 4.49. The molecule has 24 heavy (non-hydrogen) atoms. The average Bonchev–Trinajstić information content (AvgIpc) is 2.57. The lowest BCUT2D eigenvalue weighted by molar-refractivity contribution is 0.104. The van der Waals surface area contributed by atoms with E-state index in [1.54, 1.807) is 30.5 Å². The molecule has 0 aliphatic heterocycles. The molecule has 7 heteroatoms. The van der Waals surface area contributed by atoms with Crippen molar-refractivity contribution in [1.82, 2.24) is 9.97 Å². The van der Waals surface area contributed by atoms with Crippen LogP contribution in [0.5, 0.6) is 11.5 Å². The third-order valence-corrected chi connectivity index (χ3v) is 4.38. The smallest absolute Gasteiger partial charge is 0.222 e. The quantitative estimate of drug-likeness (QED) is 0.766. The summed E-state index contributed by atoms with van der Waals surface area (Å²) in [6.07, 6.45) is 5.19. The fourth-order valence-electron chi connectivity index (χ4n) is 2.90. The van der Waals surface area contributed by atoms with Crippen LogP contribution in [0.15, 0.2) is 30.5 Å². The number of ether oxygens (including phenoxy) is 1. The van der Waals surface area contributed by atoms with Crippen LogP contribution >= 0.6 is 11.6 Å². The van der Waals surface area contributed by atoms with Gasteiger partial charge in [-0.1, -0.05) is 18.0 Å². The Morgan fingerprint density at radius 1 is 1.29 bits per heavy atom. The Balaban J connectivity index is 1.69. The predicted octanol–water partition coefficient (Wildman–Crippen LogP) is 3.47. The van der Waals surface area contributed by atoms with E-state index in [0.29, 0.717) is 34.8 Å². The number of nitrogens with zero attached hydrogens (tertiary/aromatic N) is 2. The van der Waals surface area contributed by atoms with Gasteiger partial charge < -0.3 is 20.9 Å². The number of aliphatic hydroxyl groups excluding tert-OH is 1. The van der Waals surface area contributed by atoms with Crippen LogP contribution in [0, 0.1) is 5.92 Å². The Labute approximate surface area is 146 Å². The summed E-state index contributed by atoms with van der Waals surface area (Å²) in [6.45, 7) is 0.713. The van der Waals surface area contributed by atoms with Gasteiger partial charge in [0.05, 0.1) is 12.3 Å². The van der Waals surface area contributed by atoms with Crippen molar-refractivity contribution in [1.29, 1.82) is 0 Å². The number of nitrogen functional groups attached to an aromatic ring is 1. The number of rotatable bonds is 5. The Bertz CT molecular complexity index is 681. The molecule has 0 saturated heterocycles. The molecule has 2 atom stereocenters. The summed E-state index contributed by atoms with van der Waals surface area (Å²) in [5.41, 5.74) is 5.70. The molecule has 0 radical (unpaired) electrons. The maximum absolute atomic E-state index is 9.78. The molecule has 1 heterocycles. The first-order chi connectivity index (χ1) is 11.6. The number of aliphatic hydroxyl groups is 1. The normalized spacial score (nSPS) is 20.6. The Morgan fingerprint density at radius 2 is 2.08 bits per heavy atom. The van der Waals surface area contributed by atoms with Crippen molar-refractivity contribution < 1.29 is 9.84 Å². The molecule has 3 rings (SSSR count). The summed E-state index contributed by atoms with van der Waals surface area (Å²) in [4.78, 5) is 8.23. The summed E-state index contributed by atoms with van der Waals surface area (Å²) < 4.78 is 5.83. The molecule has 0 bridgehead atoms. The van der Waals surface area contributed by atoms with Crippen LogP contribution in [-0.4, -0.2) is 27.7 Å². The van der Waals surface area contributed by atoms with Gasteiger partial charge in [0.15, 0.2) is 11.6 Å². The minimum absolute atomic E-state index is 0.185. The zero-order valence-electron chi connectivity index (χ0n) is 13.3. The highest BCUT2D eigenvalue weighted by molar-refractivity contribution is 6.30. The van der Waals surface area contributed by atoms with Crippen LogP contribution in [0.2, 0.25) is 5.02 Å². The molecule has 1 aliphatic carbocycles. The van der Waals surface area contributed by atoms with Gasteiger partial charge in [-0.05, 0) is 49.4 Å². The van der Waals surface area contributed by atoms with Crippen LogP contribution in [0.3, 0.4) is 0 Å². The van der Waals surface area contributed by atoms with Gasteiger partial charge in [0.2, 0.25) is 5.95 Å². The molecular formula is C17H21ClN4O2. The molecule has 128 valence electrons. The van der Waals surface area contributed by atoms with Gasteiger partial charge in [0.25, 0.3) is 0 Å². The molecule has 0 spiro atoms. The lowest BCUT2D eigenvalue weighted by atomic mass is 9.87.